The molecule has 0 aromatic heterocycles. The zero-order valence-electron chi connectivity index (χ0n) is 9.02. The topological polar surface area (TPSA) is 59.3 Å². The lowest BCUT2D eigenvalue weighted by Crippen LogP contribution is -2.03. The highest BCUT2D eigenvalue weighted by Crippen LogP contribution is 2.27. The molecule has 0 aliphatic heterocycles. The molecular formula is C11H11NO3S. The van der Waals surface area contributed by atoms with E-state index in [-0.39, 0.29) is 5.75 Å². The quantitative estimate of drug-likeness (QED) is 0.593. The zero-order valence-corrected chi connectivity index (χ0v) is 9.84. The van der Waals surface area contributed by atoms with Gasteiger partial charge in [0.25, 0.3) is 0 Å². The van der Waals surface area contributed by atoms with E-state index in [9.17, 15) is 4.79 Å². The van der Waals surface area contributed by atoms with Gasteiger partial charge in [-0.2, -0.15) is 5.26 Å². The molecule has 1 aromatic rings. The molecule has 5 heteroatoms. The Morgan fingerprint density at radius 3 is 2.81 bits per heavy atom. The molecule has 0 atom stereocenters. The van der Waals surface area contributed by atoms with Crippen molar-refractivity contribution >= 4 is 17.7 Å². The van der Waals surface area contributed by atoms with E-state index in [2.05, 4.69) is 4.74 Å². The van der Waals surface area contributed by atoms with Gasteiger partial charge in [-0.3, -0.25) is 0 Å². The lowest BCUT2D eigenvalue weighted by Gasteiger charge is -2.07. The fraction of sp³-hybridized carbons (Fsp3) is 0.273. The summed E-state index contributed by atoms with van der Waals surface area (Å²) in [5, 5.41) is 8.52. The van der Waals surface area contributed by atoms with Crippen LogP contribution in [0.2, 0.25) is 0 Å². The summed E-state index contributed by atoms with van der Waals surface area (Å²) in [6.45, 7) is 0. The van der Waals surface area contributed by atoms with Gasteiger partial charge >= 0.3 is 5.97 Å². The molecule has 1 rings (SSSR count). The highest BCUT2D eigenvalue weighted by molar-refractivity contribution is 7.99. The van der Waals surface area contributed by atoms with Crippen LogP contribution in [0.25, 0.3) is 0 Å². The molecule has 0 aliphatic carbocycles. The molecule has 0 unspecified atom stereocenters. The summed E-state index contributed by atoms with van der Waals surface area (Å²) in [7, 11) is 2.87. The lowest BCUT2D eigenvalue weighted by molar-refractivity contribution is 0.0596. The molecule has 0 N–H and O–H groups in total. The molecule has 0 heterocycles. The molecule has 84 valence electrons. The van der Waals surface area contributed by atoms with Gasteiger partial charge in [0.05, 0.1) is 31.6 Å². The van der Waals surface area contributed by atoms with Crippen molar-refractivity contribution in [3.05, 3.63) is 23.8 Å². The molecule has 16 heavy (non-hydrogen) atoms. The van der Waals surface area contributed by atoms with Gasteiger partial charge in [0.2, 0.25) is 0 Å². The summed E-state index contributed by atoms with van der Waals surface area (Å²) in [5.74, 6) is 0.508. The van der Waals surface area contributed by atoms with Crippen molar-refractivity contribution in [2.24, 2.45) is 0 Å². The van der Waals surface area contributed by atoms with Crippen molar-refractivity contribution in [2.75, 3.05) is 20.0 Å². The van der Waals surface area contributed by atoms with Gasteiger partial charge in [-0.15, -0.1) is 11.8 Å². The number of esters is 1. The van der Waals surface area contributed by atoms with Crippen molar-refractivity contribution in [3.63, 3.8) is 0 Å². The molecule has 0 bridgehead atoms. The van der Waals surface area contributed by atoms with E-state index in [1.165, 1.54) is 18.9 Å². The van der Waals surface area contributed by atoms with Crippen molar-refractivity contribution in [1.82, 2.24) is 0 Å². The maximum atomic E-state index is 11.4. The molecule has 0 amide bonds. The van der Waals surface area contributed by atoms with Crippen LogP contribution < -0.4 is 4.74 Å². The van der Waals surface area contributed by atoms with E-state index < -0.39 is 5.97 Å². The predicted octanol–water partition coefficient (Wildman–Crippen LogP) is 2.10. The molecule has 0 saturated heterocycles. The summed E-state index contributed by atoms with van der Waals surface area (Å²) >= 11 is 1.28. The minimum Gasteiger partial charge on any atom is -0.497 e. The molecule has 0 saturated carbocycles. The number of hydrogen-bond acceptors (Lipinski definition) is 5. The Bertz CT molecular complexity index is 426. The van der Waals surface area contributed by atoms with E-state index in [1.807, 2.05) is 6.07 Å². The fourth-order valence-electron chi connectivity index (χ4n) is 1.14. The maximum Gasteiger partial charge on any atom is 0.338 e. The molecule has 0 radical (unpaired) electrons. The smallest absolute Gasteiger partial charge is 0.338 e. The highest BCUT2D eigenvalue weighted by Gasteiger charge is 2.12. The fourth-order valence-corrected chi connectivity index (χ4v) is 1.86. The molecule has 0 aliphatic rings. The average Bonchev–Trinajstić information content (AvgIpc) is 2.34. The lowest BCUT2D eigenvalue weighted by atomic mass is 10.2. The third-order valence-electron chi connectivity index (χ3n) is 1.89. The summed E-state index contributed by atoms with van der Waals surface area (Å²) < 4.78 is 9.71. The van der Waals surface area contributed by atoms with Gasteiger partial charge in [0.1, 0.15) is 5.75 Å². The minimum absolute atomic E-state index is 0.275. The van der Waals surface area contributed by atoms with Gasteiger partial charge in [-0.05, 0) is 18.2 Å². The van der Waals surface area contributed by atoms with E-state index in [4.69, 9.17) is 10.00 Å². The van der Waals surface area contributed by atoms with Crippen molar-refractivity contribution < 1.29 is 14.3 Å². The second-order valence-electron chi connectivity index (χ2n) is 2.80. The Kier molecular flexibility index (Phi) is 4.67. The van der Waals surface area contributed by atoms with Gasteiger partial charge in [-0.1, -0.05) is 0 Å². The monoisotopic (exact) mass is 237 g/mol. The van der Waals surface area contributed by atoms with E-state index >= 15 is 0 Å². The summed E-state index contributed by atoms with van der Waals surface area (Å²) in [5.41, 5.74) is 0.448. The highest BCUT2D eigenvalue weighted by atomic mass is 32.2. The standard InChI is InChI=1S/C11H11NO3S/c1-14-8-3-4-9(11(13)15-2)10(7-8)16-6-5-12/h3-4,7H,6H2,1-2H3. The average molecular weight is 237 g/mol. The first kappa shape index (κ1) is 12.4. The minimum atomic E-state index is -0.414. The van der Waals surface area contributed by atoms with Crippen LogP contribution in [0, 0.1) is 11.3 Å². The third kappa shape index (κ3) is 2.91. The van der Waals surface area contributed by atoms with E-state index in [0.29, 0.717) is 16.2 Å². The van der Waals surface area contributed by atoms with Crippen molar-refractivity contribution in [2.45, 2.75) is 4.90 Å². The van der Waals surface area contributed by atoms with Gasteiger partial charge in [0.15, 0.2) is 0 Å². The number of hydrogen-bond donors (Lipinski definition) is 0. The first-order valence-corrected chi connectivity index (χ1v) is 5.47. The third-order valence-corrected chi connectivity index (χ3v) is 2.81. The van der Waals surface area contributed by atoms with Crippen LogP contribution in [0.4, 0.5) is 0 Å². The summed E-state index contributed by atoms with van der Waals surface area (Å²) in [6.07, 6.45) is 0. The Hall–Kier alpha value is -1.67. The van der Waals surface area contributed by atoms with Gasteiger partial charge in [-0.25, -0.2) is 4.79 Å². The van der Waals surface area contributed by atoms with Crippen LogP contribution in [-0.2, 0) is 4.74 Å². The van der Waals surface area contributed by atoms with Crippen LogP contribution in [0.3, 0.4) is 0 Å². The number of ether oxygens (including phenoxy) is 2. The number of methoxy groups -OCH3 is 2. The Morgan fingerprint density at radius 1 is 1.50 bits per heavy atom. The Labute approximate surface area is 98.2 Å². The van der Waals surface area contributed by atoms with Gasteiger partial charge in [0, 0.05) is 4.90 Å². The SMILES string of the molecule is COC(=O)c1ccc(OC)cc1SCC#N. The Morgan fingerprint density at radius 2 is 2.25 bits per heavy atom. The number of carbonyl (C=O) groups excluding carboxylic acids is 1. The number of thioether (sulfide) groups is 1. The number of rotatable bonds is 4. The van der Waals surface area contributed by atoms with Crippen LogP contribution >= 0.6 is 11.8 Å². The molecule has 0 spiro atoms. The number of carbonyl (C=O) groups is 1. The van der Waals surface area contributed by atoms with E-state index in [1.54, 1.807) is 25.3 Å². The Balaban J connectivity index is 3.06. The number of nitriles is 1. The largest absolute Gasteiger partial charge is 0.497 e. The first-order valence-electron chi connectivity index (χ1n) is 4.49. The zero-order chi connectivity index (χ0) is 12.0. The summed E-state index contributed by atoms with van der Waals surface area (Å²) in [6, 6.07) is 7.04. The van der Waals surface area contributed by atoms with Crippen LogP contribution in [0.1, 0.15) is 10.4 Å². The van der Waals surface area contributed by atoms with Crippen LogP contribution in [0.15, 0.2) is 23.1 Å². The molecule has 4 nitrogen and oxygen atoms in total. The summed E-state index contributed by atoms with van der Waals surface area (Å²) in [4.78, 5) is 12.1. The number of benzene rings is 1. The molecule has 0 fully saturated rings. The second kappa shape index (κ2) is 6.03. The van der Waals surface area contributed by atoms with Crippen molar-refractivity contribution in [1.29, 1.82) is 5.26 Å². The maximum absolute atomic E-state index is 11.4. The van der Waals surface area contributed by atoms with Crippen LogP contribution in [0.5, 0.6) is 5.75 Å². The molecule has 1 aromatic carbocycles. The first-order chi connectivity index (χ1) is 7.72. The molecular weight excluding hydrogens is 226 g/mol. The normalized spacial score (nSPS) is 9.31. The van der Waals surface area contributed by atoms with Crippen molar-refractivity contribution in [3.8, 4) is 11.8 Å². The van der Waals surface area contributed by atoms with Gasteiger partial charge < -0.3 is 9.47 Å². The van der Waals surface area contributed by atoms with E-state index in [0.717, 1.165) is 0 Å². The second-order valence-corrected chi connectivity index (χ2v) is 3.82. The number of nitrogens with zero attached hydrogens (tertiary/aromatic N) is 1. The predicted molar refractivity (Wildman–Crippen MR) is 60.7 cm³/mol. The van der Waals surface area contributed by atoms with Crippen LogP contribution in [-0.4, -0.2) is 25.9 Å².